The van der Waals surface area contributed by atoms with Crippen LogP contribution in [0.5, 0.6) is 5.75 Å². The van der Waals surface area contributed by atoms with Crippen molar-refractivity contribution in [2.45, 2.75) is 39.2 Å². The van der Waals surface area contributed by atoms with Gasteiger partial charge in [-0.1, -0.05) is 25.2 Å². The van der Waals surface area contributed by atoms with Crippen molar-refractivity contribution in [3.8, 4) is 5.75 Å². The zero-order valence-corrected chi connectivity index (χ0v) is 15.7. The Labute approximate surface area is 151 Å². The first kappa shape index (κ1) is 17.5. The zero-order chi connectivity index (χ0) is 18.2. The van der Waals surface area contributed by atoms with E-state index in [2.05, 4.69) is 15.5 Å². The number of aromatic nitrogens is 2. The maximum absolute atomic E-state index is 12.5. The number of carbonyl (C=O) groups is 1. The van der Waals surface area contributed by atoms with Gasteiger partial charge in [0, 0.05) is 17.7 Å². The van der Waals surface area contributed by atoms with Gasteiger partial charge in [0.05, 0.1) is 18.8 Å². The molecule has 0 fully saturated rings. The Balaban J connectivity index is 1.74. The van der Waals surface area contributed by atoms with E-state index in [1.54, 1.807) is 6.07 Å². The average Bonchev–Trinajstić information content (AvgIpc) is 2.94. The van der Waals surface area contributed by atoms with Crippen molar-refractivity contribution in [3.05, 3.63) is 23.2 Å². The number of hydrogen-bond acceptors (Lipinski definition) is 7. The minimum Gasteiger partial charge on any atom is -0.484 e. The lowest BCUT2D eigenvalue weighted by molar-refractivity contribution is -0.115. The Kier molecular flexibility index (Phi) is 4.55. The number of nitrogens with zero attached hydrogens (tertiary/aromatic N) is 3. The van der Waals surface area contributed by atoms with Crippen molar-refractivity contribution in [2.75, 3.05) is 29.0 Å². The Morgan fingerprint density at radius 1 is 1.44 bits per heavy atom. The molecule has 1 aromatic heterocycles. The number of nitrogens with two attached hydrogens (primary N) is 1. The van der Waals surface area contributed by atoms with Crippen molar-refractivity contribution in [2.24, 2.45) is 0 Å². The molecule has 0 spiro atoms. The van der Waals surface area contributed by atoms with Crippen molar-refractivity contribution in [1.29, 1.82) is 0 Å². The van der Waals surface area contributed by atoms with Gasteiger partial charge in [0.25, 0.3) is 0 Å². The predicted molar refractivity (Wildman–Crippen MR) is 100 cm³/mol. The van der Waals surface area contributed by atoms with E-state index in [4.69, 9.17) is 10.5 Å². The lowest BCUT2D eigenvalue weighted by Gasteiger charge is -2.40. The number of amides is 1. The van der Waals surface area contributed by atoms with Crippen LogP contribution in [0.3, 0.4) is 0 Å². The van der Waals surface area contributed by atoms with Gasteiger partial charge in [0.1, 0.15) is 16.4 Å². The molecule has 0 aliphatic carbocycles. The first-order chi connectivity index (χ1) is 11.7. The molecular weight excluding hydrogens is 338 g/mol. The fraction of sp³-hybridized carbons (Fsp3) is 0.471. The minimum atomic E-state index is -0.408. The van der Waals surface area contributed by atoms with E-state index in [-0.39, 0.29) is 12.5 Å². The molecule has 0 atom stereocenters. The quantitative estimate of drug-likeness (QED) is 0.814. The van der Waals surface area contributed by atoms with Gasteiger partial charge < -0.3 is 15.4 Å². The highest BCUT2D eigenvalue weighted by atomic mass is 32.1. The van der Waals surface area contributed by atoms with Crippen molar-refractivity contribution in [1.82, 2.24) is 10.2 Å². The molecule has 1 aliphatic heterocycles. The molecular formula is C17H23N5O2S. The zero-order valence-electron chi connectivity index (χ0n) is 14.9. The number of anilines is 3. The number of nitrogens with one attached hydrogen (secondary N) is 1. The molecule has 8 heteroatoms. The molecule has 1 aromatic carbocycles. The molecule has 0 unspecified atom stereocenters. The van der Waals surface area contributed by atoms with Crippen LogP contribution in [0.4, 0.5) is 16.5 Å². The third kappa shape index (κ3) is 4.01. The van der Waals surface area contributed by atoms with Crippen LogP contribution < -0.4 is 20.7 Å². The van der Waals surface area contributed by atoms with E-state index in [9.17, 15) is 4.79 Å². The van der Waals surface area contributed by atoms with Gasteiger partial charge >= 0.3 is 0 Å². The SMILES string of the molecule is CC(C)c1nnc(NC(=O)CN2CC(C)(C)Oc3cc(N)ccc32)s1. The lowest BCUT2D eigenvalue weighted by Crippen LogP contribution is -2.49. The number of nitrogen functional groups attached to an aromatic ring is 1. The third-order valence-electron chi connectivity index (χ3n) is 3.80. The monoisotopic (exact) mass is 361 g/mol. The van der Waals surface area contributed by atoms with E-state index in [0.717, 1.165) is 10.7 Å². The normalized spacial score (nSPS) is 15.6. The molecule has 25 heavy (non-hydrogen) atoms. The number of benzene rings is 1. The van der Waals surface area contributed by atoms with Gasteiger partial charge in [0.15, 0.2) is 0 Å². The van der Waals surface area contributed by atoms with E-state index < -0.39 is 5.60 Å². The fourth-order valence-corrected chi connectivity index (χ4v) is 3.50. The van der Waals surface area contributed by atoms with Crippen LogP contribution in [-0.4, -0.2) is 34.8 Å². The summed E-state index contributed by atoms with van der Waals surface area (Å²) in [4.78, 5) is 14.5. The predicted octanol–water partition coefficient (Wildman–Crippen LogP) is 2.86. The molecule has 1 aliphatic rings. The molecule has 0 bridgehead atoms. The number of ether oxygens (including phenoxy) is 1. The van der Waals surface area contributed by atoms with E-state index in [1.807, 2.05) is 44.7 Å². The molecule has 3 N–H and O–H groups in total. The molecule has 7 nitrogen and oxygen atoms in total. The second kappa shape index (κ2) is 6.51. The first-order valence-corrected chi connectivity index (χ1v) is 9.02. The minimum absolute atomic E-state index is 0.132. The van der Waals surface area contributed by atoms with Crippen LogP contribution in [0.25, 0.3) is 0 Å². The molecule has 0 saturated carbocycles. The average molecular weight is 361 g/mol. The van der Waals surface area contributed by atoms with E-state index >= 15 is 0 Å². The second-order valence-corrected chi connectivity index (χ2v) is 8.10. The van der Waals surface area contributed by atoms with Crippen molar-refractivity contribution < 1.29 is 9.53 Å². The van der Waals surface area contributed by atoms with Crippen LogP contribution in [0, 0.1) is 0 Å². The topological polar surface area (TPSA) is 93.4 Å². The van der Waals surface area contributed by atoms with Crippen LogP contribution in [0.1, 0.15) is 38.6 Å². The molecule has 0 saturated heterocycles. The highest BCUT2D eigenvalue weighted by Crippen LogP contribution is 2.38. The van der Waals surface area contributed by atoms with Gasteiger partial charge in [-0.3, -0.25) is 10.1 Å². The number of carbonyl (C=O) groups excluding carboxylic acids is 1. The van der Waals surface area contributed by atoms with Gasteiger partial charge in [-0.15, -0.1) is 10.2 Å². The summed E-state index contributed by atoms with van der Waals surface area (Å²) in [5.74, 6) is 0.856. The first-order valence-electron chi connectivity index (χ1n) is 8.20. The van der Waals surface area contributed by atoms with Crippen LogP contribution in [-0.2, 0) is 4.79 Å². The van der Waals surface area contributed by atoms with Crippen molar-refractivity contribution >= 4 is 33.8 Å². The molecule has 2 aromatic rings. The summed E-state index contributed by atoms with van der Waals surface area (Å²) < 4.78 is 5.99. The van der Waals surface area contributed by atoms with Gasteiger partial charge in [-0.25, -0.2) is 0 Å². The molecule has 3 rings (SSSR count). The fourth-order valence-electron chi connectivity index (χ4n) is 2.74. The third-order valence-corrected chi connectivity index (χ3v) is 4.94. The number of rotatable bonds is 4. The van der Waals surface area contributed by atoms with E-state index in [0.29, 0.717) is 29.0 Å². The highest BCUT2D eigenvalue weighted by molar-refractivity contribution is 7.15. The number of hydrogen-bond donors (Lipinski definition) is 2. The maximum atomic E-state index is 12.5. The lowest BCUT2D eigenvalue weighted by atomic mass is 10.0. The van der Waals surface area contributed by atoms with Gasteiger partial charge in [-0.2, -0.15) is 0 Å². The summed E-state index contributed by atoms with van der Waals surface area (Å²) in [6.07, 6.45) is 0. The maximum Gasteiger partial charge on any atom is 0.245 e. The highest BCUT2D eigenvalue weighted by Gasteiger charge is 2.32. The Hall–Kier alpha value is -2.35. The summed E-state index contributed by atoms with van der Waals surface area (Å²) in [5.41, 5.74) is 6.95. The van der Waals surface area contributed by atoms with E-state index in [1.165, 1.54) is 11.3 Å². The van der Waals surface area contributed by atoms with Gasteiger partial charge in [0.2, 0.25) is 11.0 Å². The molecule has 1 amide bonds. The van der Waals surface area contributed by atoms with Crippen LogP contribution in [0.15, 0.2) is 18.2 Å². The van der Waals surface area contributed by atoms with Crippen LogP contribution in [0.2, 0.25) is 0 Å². The Morgan fingerprint density at radius 2 is 2.20 bits per heavy atom. The Morgan fingerprint density at radius 3 is 2.88 bits per heavy atom. The molecule has 0 radical (unpaired) electrons. The summed E-state index contributed by atoms with van der Waals surface area (Å²) in [6, 6.07) is 5.49. The summed E-state index contributed by atoms with van der Waals surface area (Å²) in [6.45, 7) is 8.88. The summed E-state index contributed by atoms with van der Waals surface area (Å²) >= 11 is 1.40. The number of fused-ring (bicyclic) bond motifs is 1. The van der Waals surface area contributed by atoms with Gasteiger partial charge in [-0.05, 0) is 26.0 Å². The smallest absolute Gasteiger partial charge is 0.245 e. The molecule has 2 heterocycles. The summed E-state index contributed by atoms with van der Waals surface area (Å²) in [7, 11) is 0. The van der Waals surface area contributed by atoms with Crippen LogP contribution >= 0.6 is 11.3 Å². The Bertz CT molecular complexity index is 787. The second-order valence-electron chi connectivity index (χ2n) is 7.09. The summed E-state index contributed by atoms with van der Waals surface area (Å²) in [5, 5.41) is 12.4. The largest absolute Gasteiger partial charge is 0.484 e. The van der Waals surface area contributed by atoms with Crippen molar-refractivity contribution in [3.63, 3.8) is 0 Å². The standard InChI is InChI=1S/C17H23N5O2S/c1-10(2)15-20-21-16(25-15)19-14(23)8-22-9-17(3,4)24-13-7-11(18)5-6-12(13)22/h5-7,10H,8-9,18H2,1-4H3,(H,19,21,23). The molecule has 134 valence electrons.